The highest BCUT2D eigenvalue weighted by molar-refractivity contribution is 7.23. The number of rotatable bonds is 3. The van der Waals surface area contributed by atoms with Gasteiger partial charge in [0.05, 0.1) is 7.17 Å². The summed E-state index contributed by atoms with van der Waals surface area (Å²) in [5.41, 5.74) is 5.37. The van der Waals surface area contributed by atoms with Gasteiger partial charge in [-0.05, 0) is 6.04 Å². The van der Waals surface area contributed by atoms with Gasteiger partial charge in [-0.25, -0.2) is 0 Å². The summed E-state index contributed by atoms with van der Waals surface area (Å²) in [4.78, 5) is 0. The van der Waals surface area contributed by atoms with Gasteiger partial charge in [-0.2, -0.15) is 0 Å². The monoisotopic (exact) mass is 91.1 g/mol. The lowest BCUT2D eigenvalue weighted by Crippen LogP contribution is -2.19. The van der Waals surface area contributed by atoms with Crippen molar-refractivity contribution in [3.8, 4) is 0 Å². The Balaban J connectivity index is 2.68. The van der Waals surface area contributed by atoms with Gasteiger partial charge in [-0.3, -0.25) is 0 Å². The summed E-state index contributed by atoms with van der Waals surface area (Å²) in [7, 11) is 8.41. The Labute approximate surface area is 47.9 Å². The van der Waals surface area contributed by atoms with Gasteiger partial charge >= 0.3 is 0 Å². The molecule has 7 heavy (non-hydrogen) atoms. The van der Waals surface area contributed by atoms with E-state index in [9.17, 15) is 0 Å². The van der Waals surface area contributed by atoms with Crippen molar-refractivity contribution in [2.24, 2.45) is 5.73 Å². The van der Waals surface area contributed by atoms with E-state index in [1.165, 1.54) is 7.06 Å². The Kier molecular flexibility index (Phi) is 4.41. The predicted octanol–water partition coefficient (Wildman–Crippen LogP) is -0.841. The molecule has 0 amide bonds. The highest BCUT2D eigenvalue weighted by Crippen LogP contribution is 1.80. The lowest BCUT2D eigenvalue weighted by molar-refractivity contribution is 0.831. The van der Waals surface area contributed by atoms with Gasteiger partial charge in [-0.15, -0.1) is 0 Å². The fourth-order valence-electron chi connectivity index (χ4n) is 0.293. The van der Waals surface area contributed by atoms with Crippen LogP contribution in [0.5, 0.6) is 0 Å². The summed E-state index contributed by atoms with van der Waals surface area (Å²) in [6.45, 7) is 1.94. The minimum absolute atomic E-state index is 0.236. The second-order valence-corrected chi connectivity index (χ2v) is 1.64. The van der Waals surface area contributed by atoms with Gasteiger partial charge in [0.25, 0.3) is 0 Å². The predicted molar refractivity (Wildman–Crippen MR) is 35.7 cm³/mol. The second kappa shape index (κ2) is 4.32. The molecule has 0 aromatic carbocycles. The summed E-state index contributed by atoms with van der Waals surface area (Å²) >= 11 is 0. The van der Waals surface area contributed by atoms with E-state index >= 15 is 0 Å². The van der Waals surface area contributed by atoms with Gasteiger partial charge in [0.1, 0.15) is 0 Å². The minimum atomic E-state index is 0.236. The molecule has 0 saturated carbocycles. The van der Waals surface area contributed by atoms with Crippen molar-refractivity contribution >= 4 is 22.0 Å². The van der Waals surface area contributed by atoms with Crippen LogP contribution in [-0.2, 0) is 0 Å². The molecule has 0 rings (SSSR count). The van der Waals surface area contributed by atoms with Crippen LogP contribution in [-0.4, -0.2) is 28.0 Å². The Morgan fingerprint density at radius 2 is 2.43 bits per heavy atom. The van der Waals surface area contributed by atoms with Gasteiger partial charge in [0.2, 0.25) is 0 Å². The molecular formula is C3H8B3N. The molecule has 0 spiro atoms. The minimum Gasteiger partial charge on any atom is -0.329 e. The van der Waals surface area contributed by atoms with Crippen molar-refractivity contribution in [1.29, 1.82) is 0 Å². The lowest BCUT2D eigenvalue weighted by Gasteiger charge is -1.98. The summed E-state index contributed by atoms with van der Waals surface area (Å²) < 4.78 is 0. The third-order valence-corrected chi connectivity index (χ3v) is 0.644. The van der Waals surface area contributed by atoms with Crippen LogP contribution in [0.3, 0.4) is 0 Å². The van der Waals surface area contributed by atoms with Crippen LogP contribution in [0.2, 0.25) is 6.32 Å². The van der Waals surface area contributed by atoms with Crippen LogP contribution in [0.4, 0.5) is 0 Å². The van der Waals surface area contributed by atoms with Crippen molar-refractivity contribution in [3.63, 3.8) is 0 Å². The van der Waals surface area contributed by atoms with Crippen molar-refractivity contribution in [1.82, 2.24) is 0 Å². The van der Waals surface area contributed by atoms with Crippen molar-refractivity contribution in [2.45, 2.75) is 19.3 Å². The van der Waals surface area contributed by atoms with Gasteiger partial charge in [-0.1, -0.05) is 13.2 Å². The molecule has 34 valence electrons. The maximum absolute atomic E-state index is 5.37. The van der Waals surface area contributed by atoms with Gasteiger partial charge in [0, 0.05) is 14.8 Å². The third kappa shape index (κ3) is 6.15. The van der Waals surface area contributed by atoms with E-state index in [2.05, 4.69) is 0 Å². The molecule has 4 heteroatoms. The van der Waals surface area contributed by atoms with E-state index < -0.39 is 0 Å². The summed E-state index contributed by atoms with van der Waals surface area (Å²) in [5.74, 6) is 0. The van der Waals surface area contributed by atoms with E-state index in [0.29, 0.717) is 0 Å². The van der Waals surface area contributed by atoms with Gasteiger partial charge in [0.15, 0.2) is 0 Å². The van der Waals surface area contributed by atoms with Crippen molar-refractivity contribution in [3.05, 3.63) is 0 Å². The molecule has 1 atom stereocenters. The standard InChI is InChI=1S/C3H8B3N/c1-3(7)2-5-6-4/h3H,2,7H2,1H3. The number of hydrogen-bond donors (Lipinski definition) is 1. The van der Waals surface area contributed by atoms with Crippen LogP contribution < -0.4 is 5.73 Å². The topological polar surface area (TPSA) is 26.0 Å². The molecule has 0 aliphatic heterocycles. The fourth-order valence-corrected chi connectivity index (χ4v) is 0.293. The Morgan fingerprint density at radius 1 is 1.86 bits per heavy atom. The molecule has 4 radical (unpaired) electrons. The molecule has 1 unspecified atom stereocenters. The van der Waals surface area contributed by atoms with Crippen LogP contribution in [0, 0.1) is 0 Å². The quantitative estimate of drug-likeness (QED) is 0.450. The van der Waals surface area contributed by atoms with E-state index in [1.54, 1.807) is 0 Å². The number of hydrogen-bond acceptors (Lipinski definition) is 1. The molecule has 0 saturated heterocycles. The van der Waals surface area contributed by atoms with Gasteiger partial charge < -0.3 is 5.73 Å². The molecule has 0 aromatic rings. The van der Waals surface area contributed by atoms with E-state index in [1.807, 2.05) is 14.1 Å². The first-order valence-electron chi connectivity index (χ1n) is 2.39. The molecule has 0 aliphatic carbocycles. The molecule has 0 aliphatic rings. The zero-order valence-corrected chi connectivity index (χ0v) is 4.59. The first-order valence-corrected chi connectivity index (χ1v) is 2.39. The first-order chi connectivity index (χ1) is 3.27. The van der Waals surface area contributed by atoms with E-state index in [0.717, 1.165) is 6.32 Å². The molecule has 0 aromatic heterocycles. The molecular weight excluding hydrogens is 82.5 g/mol. The normalized spacial score (nSPS) is 12.9. The SMILES string of the molecule is [B][B][B]CC(C)N. The highest BCUT2D eigenvalue weighted by Gasteiger charge is 1.90. The average Bonchev–Trinajstić information content (AvgIpc) is 1.61. The maximum Gasteiger partial charge on any atom is 0.0564 e. The molecule has 0 bridgehead atoms. The zero-order chi connectivity index (χ0) is 5.70. The third-order valence-electron chi connectivity index (χ3n) is 0.644. The fraction of sp³-hybridized carbons (Fsp3) is 1.00. The largest absolute Gasteiger partial charge is 0.329 e. The smallest absolute Gasteiger partial charge is 0.0564 e. The van der Waals surface area contributed by atoms with Crippen molar-refractivity contribution in [2.75, 3.05) is 0 Å². The highest BCUT2D eigenvalue weighted by atomic mass is 14.6. The number of nitrogens with two attached hydrogens (primary N) is 1. The molecule has 2 N–H and O–H groups in total. The lowest BCUT2D eigenvalue weighted by atomic mass is 9.27. The Morgan fingerprint density at radius 3 is 2.57 bits per heavy atom. The summed E-state index contributed by atoms with van der Waals surface area (Å²) in [6.07, 6.45) is 0.872. The first kappa shape index (κ1) is 7.15. The van der Waals surface area contributed by atoms with Crippen LogP contribution in [0.15, 0.2) is 0 Å². The van der Waals surface area contributed by atoms with Crippen LogP contribution in [0.1, 0.15) is 6.92 Å². The molecule has 0 heterocycles. The van der Waals surface area contributed by atoms with Crippen molar-refractivity contribution < 1.29 is 0 Å². The molecule has 1 nitrogen and oxygen atoms in total. The molecule has 0 fully saturated rings. The maximum atomic E-state index is 5.37. The van der Waals surface area contributed by atoms with Crippen LogP contribution in [0.25, 0.3) is 0 Å². The average molecular weight is 90.5 g/mol. The van der Waals surface area contributed by atoms with E-state index in [-0.39, 0.29) is 6.04 Å². The Bertz CT molecular complexity index is 39.2. The zero-order valence-electron chi connectivity index (χ0n) is 4.59. The second-order valence-electron chi connectivity index (χ2n) is 1.64. The summed E-state index contributed by atoms with van der Waals surface area (Å²) in [6, 6.07) is 0.236. The van der Waals surface area contributed by atoms with E-state index in [4.69, 9.17) is 13.5 Å². The Hall–Kier alpha value is 0.155. The van der Waals surface area contributed by atoms with Crippen LogP contribution >= 0.6 is 0 Å². The summed E-state index contributed by atoms with van der Waals surface area (Å²) in [5, 5.41) is 0.